The summed E-state index contributed by atoms with van der Waals surface area (Å²) >= 11 is 0. The summed E-state index contributed by atoms with van der Waals surface area (Å²) < 4.78 is 0. The molecule has 0 aromatic rings. The molecule has 0 heterocycles. The lowest BCUT2D eigenvalue weighted by Gasteiger charge is -2.51. The van der Waals surface area contributed by atoms with E-state index in [0.717, 1.165) is 29.6 Å². The lowest BCUT2D eigenvalue weighted by atomic mass is 9.54. The van der Waals surface area contributed by atoms with Crippen molar-refractivity contribution in [2.45, 2.75) is 119 Å². The number of rotatable bonds is 14. The zero-order chi connectivity index (χ0) is 18.7. The van der Waals surface area contributed by atoms with Crippen molar-refractivity contribution >= 4 is 0 Å². The van der Waals surface area contributed by atoms with Gasteiger partial charge in [0.15, 0.2) is 0 Å². The summed E-state index contributed by atoms with van der Waals surface area (Å²) in [7, 11) is 0. The standard InChI is InChI=1S/C25H48/c1-7-15-22(8-2)17-14-19-24-21(6)23(9-3)25(24)18-13-11-10-12-16-20(4)5/h15,20-21,23-25H,7-14,16-19H2,1-6H3. The summed E-state index contributed by atoms with van der Waals surface area (Å²) in [5.41, 5.74) is 1.70. The fourth-order valence-electron chi connectivity index (χ4n) is 5.41. The minimum absolute atomic E-state index is 0.885. The molecule has 0 spiro atoms. The molecule has 148 valence electrons. The molecule has 0 amide bonds. The molecule has 1 saturated carbocycles. The molecule has 1 rings (SSSR count). The van der Waals surface area contributed by atoms with Crippen LogP contribution >= 0.6 is 0 Å². The molecule has 0 bridgehead atoms. The summed E-state index contributed by atoms with van der Waals surface area (Å²) in [4.78, 5) is 0. The van der Waals surface area contributed by atoms with Crippen molar-refractivity contribution in [1.82, 2.24) is 0 Å². The molecule has 1 aliphatic carbocycles. The van der Waals surface area contributed by atoms with Crippen LogP contribution in [0.25, 0.3) is 0 Å². The highest BCUT2D eigenvalue weighted by atomic mass is 14.5. The van der Waals surface area contributed by atoms with E-state index in [1.54, 1.807) is 5.57 Å². The first kappa shape index (κ1) is 22.8. The summed E-state index contributed by atoms with van der Waals surface area (Å²) in [6, 6.07) is 0. The molecule has 0 aromatic heterocycles. The second-order valence-electron chi connectivity index (χ2n) is 9.16. The molecule has 0 radical (unpaired) electrons. The van der Waals surface area contributed by atoms with Crippen LogP contribution in [-0.2, 0) is 0 Å². The molecule has 25 heavy (non-hydrogen) atoms. The van der Waals surface area contributed by atoms with E-state index in [0.29, 0.717) is 0 Å². The molecule has 0 saturated heterocycles. The van der Waals surface area contributed by atoms with Gasteiger partial charge in [-0.05, 0) is 68.1 Å². The Morgan fingerprint density at radius 2 is 1.52 bits per heavy atom. The minimum atomic E-state index is 0.885. The molecule has 1 fully saturated rings. The monoisotopic (exact) mass is 348 g/mol. The smallest absolute Gasteiger partial charge is 0.0320 e. The van der Waals surface area contributed by atoms with Gasteiger partial charge in [0.25, 0.3) is 0 Å². The second kappa shape index (κ2) is 13.0. The van der Waals surface area contributed by atoms with Gasteiger partial charge in [0.1, 0.15) is 0 Å². The Hall–Kier alpha value is -0.260. The Morgan fingerprint density at radius 3 is 2.12 bits per heavy atom. The third-order valence-corrected chi connectivity index (χ3v) is 6.97. The quantitative estimate of drug-likeness (QED) is 0.217. The lowest BCUT2D eigenvalue weighted by molar-refractivity contribution is -0.0265. The fraction of sp³-hybridized carbons (Fsp3) is 0.920. The van der Waals surface area contributed by atoms with Crippen LogP contribution in [0.5, 0.6) is 0 Å². The third-order valence-electron chi connectivity index (χ3n) is 6.97. The Morgan fingerprint density at radius 1 is 0.840 bits per heavy atom. The zero-order valence-corrected chi connectivity index (χ0v) is 18.4. The second-order valence-corrected chi connectivity index (χ2v) is 9.16. The predicted octanol–water partition coefficient (Wildman–Crippen LogP) is 8.81. The average molecular weight is 349 g/mol. The molecule has 0 aromatic carbocycles. The molecular formula is C25H48. The van der Waals surface area contributed by atoms with E-state index >= 15 is 0 Å². The maximum atomic E-state index is 2.54. The number of allylic oxidation sites excluding steroid dienone is 2. The maximum Gasteiger partial charge on any atom is -0.0320 e. The summed E-state index contributed by atoms with van der Waals surface area (Å²) in [5.74, 6) is 4.97. The highest BCUT2D eigenvalue weighted by Gasteiger charge is 2.44. The van der Waals surface area contributed by atoms with Gasteiger partial charge >= 0.3 is 0 Å². The molecule has 0 N–H and O–H groups in total. The van der Waals surface area contributed by atoms with E-state index in [4.69, 9.17) is 0 Å². The number of hydrogen-bond donors (Lipinski definition) is 0. The van der Waals surface area contributed by atoms with E-state index < -0.39 is 0 Å². The van der Waals surface area contributed by atoms with Crippen LogP contribution in [0.3, 0.4) is 0 Å². The van der Waals surface area contributed by atoms with Gasteiger partial charge in [-0.1, -0.05) is 91.7 Å². The topological polar surface area (TPSA) is 0 Å². The maximum absolute atomic E-state index is 2.54. The predicted molar refractivity (Wildman–Crippen MR) is 115 cm³/mol. The van der Waals surface area contributed by atoms with Crippen molar-refractivity contribution in [2.24, 2.45) is 29.6 Å². The molecule has 1 aliphatic rings. The molecule has 0 nitrogen and oxygen atoms in total. The first-order valence-electron chi connectivity index (χ1n) is 11.7. The van der Waals surface area contributed by atoms with E-state index in [9.17, 15) is 0 Å². The molecule has 4 unspecified atom stereocenters. The Kier molecular flexibility index (Phi) is 11.8. The van der Waals surface area contributed by atoms with Gasteiger partial charge in [-0.3, -0.25) is 0 Å². The first-order valence-corrected chi connectivity index (χ1v) is 11.7. The van der Waals surface area contributed by atoms with Gasteiger partial charge in [-0.15, -0.1) is 0 Å². The van der Waals surface area contributed by atoms with E-state index in [1.807, 2.05) is 0 Å². The van der Waals surface area contributed by atoms with E-state index in [2.05, 4.69) is 47.6 Å². The highest BCUT2D eigenvalue weighted by Crippen LogP contribution is 2.52. The van der Waals surface area contributed by atoms with Gasteiger partial charge < -0.3 is 0 Å². The molecule has 0 aliphatic heterocycles. The molecular weight excluding hydrogens is 300 g/mol. The lowest BCUT2D eigenvalue weighted by Crippen LogP contribution is -2.45. The van der Waals surface area contributed by atoms with Crippen LogP contribution < -0.4 is 0 Å². The normalized spacial score (nSPS) is 26.9. The molecule has 4 atom stereocenters. The van der Waals surface area contributed by atoms with Gasteiger partial charge in [0.05, 0.1) is 0 Å². The first-order chi connectivity index (χ1) is 12.0. The largest absolute Gasteiger partial charge is 0.0856 e. The van der Waals surface area contributed by atoms with Crippen LogP contribution in [0.15, 0.2) is 11.6 Å². The average Bonchev–Trinajstić information content (AvgIpc) is 2.59. The fourth-order valence-corrected chi connectivity index (χ4v) is 5.41. The van der Waals surface area contributed by atoms with Crippen LogP contribution in [0, 0.1) is 29.6 Å². The van der Waals surface area contributed by atoms with Crippen molar-refractivity contribution in [2.75, 3.05) is 0 Å². The highest BCUT2D eigenvalue weighted by molar-refractivity contribution is 5.01. The molecule has 0 heteroatoms. The van der Waals surface area contributed by atoms with Crippen molar-refractivity contribution in [3.8, 4) is 0 Å². The zero-order valence-electron chi connectivity index (χ0n) is 18.4. The minimum Gasteiger partial charge on any atom is -0.0856 e. The Balaban J connectivity index is 2.30. The van der Waals surface area contributed by atoms with E-state index in [1.165, 1.54) is 77.0 Å². The van der Waals surface area contributed by atoms with Gasteiger partial charge in [-0.2, -0.15) is 0 Å². The summed E-state index contributed by atoms with van der Waals surface area (Å²) in [5, 5.41) is 0. The number of unbranched alkanes of at least 4 members (excludes halogenated alkanes) is 3. The Labute approximate surface area is 160 Å². The van der Waals surface area contributed by atoms with Crippen molar-refractivity contribution in [1.29, 1.82) is 0 Å². The van der Waals surface area contributed by atoms with Crippen LogP contribution in [-0.4, -0.2) is 0 Å². The van der Waals surface area contributed by atoms with Crippen molar-refractivity contribution in [3.63, 3.8) is 0 Å². The van der Waals surface area contributed by atoms with Crippen LogP contribution in [0.1, 0.15) is 119 Å². The Bertz CT molecular complexity index is 351. The van der Waals surface area contributed by atoms with Gasteiger partial charge in [-0.25, -0.2) is 0 Å². The summed E-state index contributed by atoms with van der Waals surface area (Å²) in [6.07, 6.45) is 19.4. The van der Waals surface area contributed by atoms with Crippen LogP contribution in [0.4, 0.5) is 0 Å². The SMILES string of the molecule is CCC=C(CC)CCCC1C(C)C(CC)C1CCCCCCC(C)C. The van der Waals surface area contributed by atoms with Crippen molar-refractivity contribution in [3.05, 3.63) is 11.6 Å². The summed E-state index contributed by atoms with van der Waals surface area (Å²) in [6.45, 7) is 14.3. The number of hydrogen-bond acceptors (Lipinski definition) is 0. The van der Waals surface area contributed by atoms with Crippen molar-refractivity contribution < 1.29 is 0 Å². The van der Waals surface area contributed by atoms with Gasteiger partial charge in [0, 0.05) is 0 Å². The third kappa shape index (κ3) is 7.88. The van der Waals surface area contributed by atoms with Gasteiger partial charge in [0.2, 0.25) is 0 Å². The van der Waals surface area contributed by atoms with E-state index in [-0.39, 0.29) is 0 Å². The van der Waals surface area contributed by atoms with Crippen LogP contribution in [0.2, 0.25) is 0 Å².